The SMILES string of the molecule is CCOC(=O)CBr.CCOC(=O)COc1ccc(N)c(C(F)(F)F)c1.CCOC(=O)COc1ccc([N+](=O)[O-])c(C(F)(F)F)c1.O=[N+]([O-])c1ccc(O)cc1C(F)(F)F. The molecule has 0 saturated carbocycles. The van der Waals surface area contributed by atoms with Crippen LogP contribution in [0.25, 0.3) is 0 Å². The van der Waals surface area contributed by atoms with E-state index in [0.717, 1.165) is 24.3 Å². The fourth-order valence-corrected chi connectivity index (χ4v) is 3.82. The van der Waals surface area contributed by atoms with Gasteiger partial charge in [-0.2, -0.15) is 39.5 Å². The van der Waals surface area contributed by atoms with Gasteiger partial charge in [0.2, 0.25) is 0 Å². The summed E-state index contributed by atoms with van der Waals surface area (Å²) >= 11 is 2.94. The first-order valence-corrected chi connectivity index (χ1v) is 17.0. The van der Waals surface area contributed by atoms with E-state index in [4.69, 9.17) is 20.3 Å². The van der Waals surface area contributed by atoms with Crippen molar-refractivity contribution >= 4 is 50.9 Å². The molecule has 0 aliphatic carbocycles. The first-order chi connectivity index (χ1) is 27.2. The van der Waals surface area contributed by atoms with Crippen LogP contribution < -0.4 is 15.2 Å². The maximum absolute atomic E-state index is 12.7. The van der Waals surface area contributed by atoms with Crippen LogP contribution in [0.5, 0.6) is 17.2 Å². The lowest BCUT2D eigenvalue weighted by Crippen LogP contribution is -2.15. The largest absolute Gasteiger partial charge is 0.508 e. The zero-order valence-corrected chi connectivity index (χ0v) is 32.1. The van der Waals surface area contributed by atoms with E-state index in [-0.39, 0.29) is 30.7 Å². The van der Waals surface area contributed by atoms with Gasteiger partial charge in [-0.3, -0.25) is 25.0 Å². The fourth-order valence-electron chi connectivity index (χ4n) is 3.66. The number of ether oxygens (including phenoxy) is 5. The molecule has 0 atom stereocenters. The van der Waals surface area contributed by atoms with Crippen molar-refractivity contribution < 1.29 is 92.5 Å². The lowest BCUT2D eigenvalue weighted by Gasteiger charge is -2.12. The number of halogens is 10. The van der Waals surface area contributed by atoms with Crippen LogP contribution in [0.15, 0.2) is 54.6 Å². The Morgan fingerprint density at radius 1 is 0.627 bits per heavy atom. The summed E-state index contributed by atoms with van der Waals surface area (Å²) in [5, 5.41) is 29.8. The third kappa shape index (κ3) is 20.3. The van der Waals surface area contributed by atoms with E-state index >= 15 is 0 Å². The van der Waals surface area contributed by atoms with E-state index < -0.39 is 93.0 Å². The number of carbonyl (C=O) groups excluding carboxylic acids is 3. The summed E-state index contributed by atoms with van der Waals surface area (Å²) in [7, 11) is 0. The molecule has 3 aromatic carbocycles. The number of aromatic hydroxyl groups is 1. The molecule has 0 heterocycles. The molecule has 0 amide bonds. The van der Waals surface area contributed by atoms with E-state index in [2.05, 4.69) is 30.1 Å². The predicted molar refractivity (Wildman–Crippen MR) is 188 cm³/mol. The van der Waals surface area contributed by atoms with Crippen molar-refractivity contribution in [2.24, 2.45) is 0 Å². The van der Waals surface area contributed by atoms with E-state index in [1.165, 1.54) is 6.07 Å². The zero-order valence-electron chi connectivity index (χ0n) is 30.5. The summed E-state index contributed by atoms with van der Waals surface area (Å²) in [6, 6.07) is 6.94. The minimum atomic E-state index is -4.90. The van der Waals surface area contributed by atoms with Crippen LogP contribution >= 0.6 is 15.9 Å². The number of phenolic OH excluding ortho intramolecular Hbond substituents is 1. The van der Waals surface area contributed by atoms with Gasteiger partial charge in [0.15, 0.2) is 13.2 Å². The Bertz CT molecular complexity index is 1880. The summed E-state index contributed by atoms with van der Waals surface area (Å²) in [5.41, 5.74) is -1.23. The second kappa shape index (κ2) is 24.6. The third-order valence-electron chi connectivity index (χ3n) is 6.02. The molecule has 0 aromatic heterocycles. The lowest BCUT2D eigenvalue weighted by molar-refractivity contribution is -0.388. The normalized spacial score (nSPS) is 10.8. The standard InChI is InChI=1S/C11H10F3NO5.C11H12F3NO3.C7H4F3NO3.C4H7BrO2/c1-2-19-10(16)6-20-7-3-4-9(15(17)18)8(5-7)11(12,13)14;1-2-17-10(16)6-18-7-3-4-9(15)8(5-7)11(12,13)14;8-7(9,10)5-3-4(12)1-2-6(5)11(13)14;1-2-7-4(6)3-5/h3-5H,2,6H2,1H3;3-5H,2,6,15H2,1H3;1-3,12H;2-3H2,1H3. The first kappa shape index (κ1) is 52.9. The van der Waals surface area contributed by atoms with E-state index in [1.54, 1.807) is 20.8 Å². The second-order valence-corrected chi connectivity index (χ2v) is 10.8. The molecule has 3 aromatic rings. The highest BCUT2D eigenvalue weighted by atomic mass is 79.9. The molecule has 328 valence electrons. The molecule has 0 aliphatic rings. The van der Waals surface area contributed by atoms with Gasteiger partial charge in [0.05, 0.1) is 35.2 Å². The predicted octanol–water partition coefficient (Wildman–Crippen LogP) is 8.05. The van der Waals surface area contributed by atoms with Gasteiger partial charge in [-0.1, -0.05) is 15.9 Å². The number of benzene rings is 3. The average Bonchev–Trinajstić information content (AvgIpc) is 3.13. The van der Waals surface area contributed by atoms with Crippen molar-refractivity contribution in [3.63, 3.8) is 0 Å². The first-order valence-electron chi connectivity index (χ1n) is 15.9. The molecule has 0 unspecified atom stereocenters. The number of nitrogen functional groups attached to an aromatic ring is 1. The number of nitro groups is 2. The Labute approximate surface area is 335 Å². The average molecular weight is 931 g/mol. The fraction of sp³-hybridized carbons (Fsp3) is 0.364. The van der Waals surface area contributed by atoms with Gasteiger partial charge in [-0.15, -0.1) is 0 Å². The minimum Gasteiger partial charge on any atom is -0.508 e. The van der Waals surface area contributed by atoms with Crippen molar-refractivity contribution in [1.29, 1.82) is 0 Å². The number of nitrogens with two attached hydrogens (primary N) is 1. The topological polar surface area (TPSA) is 230 Å². The number of phenols is 1. The number of hydrogen-bond donors (Lipinski definition) is 2. The molecule has 59 heavy (non-hydrogen) atoms. The number of nitrogens with zero attached hydrogens (tertiary/aromatic N) is 2. The van der Waals surface area contributed by atoms with Crippen LogP contribution in [0.4, 0.5) is 56.6 Å². The Morgan fingerprint density at radius 2 is 0.983 bits per heavy atom. The second-order valence-electron chi connectivity index (χ2n) is 10.3. The van der Waals surface area contributed by atoms with Gasteiger partial charge in [-0.25, -0.2) is 9.59 Å². The van der Waals surface area contributed by atoms with Crippen molar-refractivity contribution in [2.45, 2.75) is 39.3 Å². The van der Waals surface area contributed by atoms with E-state index in [1.807, 2.05) is 0 Å². The number of anilines is 1. The van der Waals surface area contributed by atoms with Crippen LogP contribution in [-0.4, -0.2) is 71.2 Å². The number of alkyl halides is 10. The Hall–Kier alpha value is -6.08. The molecule has 0 aliphatic heterocycles. The molecule has 0 fully saturated rings. The molecule has 0 radical (unpaired) electrons. The summed E-state index contributed by atoms with van der Waals surface area (Å²) in [5.74, 6) is -2.67. The molecular formula is C33H33BrF9N3O13. The number of esters is 3. The highest BCUT2D eigenvalue weighted by Gasteiger charge is 2.39. The Morgan fingerprint density at radius 3 is 1.34 bits per heavy atom. The van der Waals surface area contributed by atoms with Gasteiger partial charge in [-0.05, 0) is 63.2 Å². The smallest absolute Gasteiger partial charge is 0.423 e. The van der Waals surface area contributed by atoms with Crippen LogP contribution in [-0.2, 0) is 47.1 Å². The molecule has 16 nitrogen and oxygen atoms in total. The van der Waals surface area contributed by atoms with E-state index in [9.17, 15) is 74.1 Å². The number of carbonyl (C=O) groups is 3. The van der Waals surface area contributed by atoms with Crippen molar-refractivity contribution in [2.75, 3.05) is 44.1 Å². The zero-order chi connectivity index (χ0) is 45.7. The van der Waals surface area contributed by atoms with Crippen molar-refractivity contribution in [1.82, 2.24) is 0 Å². The molecule has 3 N–H and O–H groups in total. The van der Waals surface area contributed by atoms with Crippen molar-refractivity contribution in [3.8, 4) is 17.2 Å². The molecule has 0 spiro atoms. The molecule has 0 bridgehead atoms. The third-order valence-corrected chi connectivity index (χ3v) is 6.48. The van der Waals surface area contributed by atoms with Gasteiger partial charge >= 0.3 is 36.4 Å². The minimum absolute atomic E-state index is 0.0930. The van der Waals surface area contributed by atoms with Crippen LogP contribution in [0.1, 0.15) is 37.5 Å². The highest BCUT2D eigenvalue weighted by Crippen LogP contribution is 2.39. The van der Waals surface area contributed by atoms with Crippen LogP contribution in [0.2, 0.25) is 0 Å². The maximum Gasteiger partial charge on any atom is 0.423 e. The summed E-state index contributed by atoms with van der Waals surface area (Å²) < 4.78 is 135. The van der Waals surface area contributed by atoms with Gasteiger partial charge in [0.1, 0.15) is 33.7 Å². The molecule has 0 saturated heterocycles. The lowest BCUT2D eigenvalue weighted by atomic mass is 10.1. The Kier molecular flexibility index (Phi) is 22.1. The number of hydrogen-bond acceptors (Lipinski definition) is 14. The van der Waals surface area contributed by atoms with Gasteiger partial charge < -0.3 is 34.5 Å². The number of rotatable bonds is 12. The van der Waals surface area contributed by atoms with Crippen LogP contribution in [0, 0.1) is 20.2 Å². The van der Waals surface area contributed by atoms with Gasteiger partial charge in [0, 0.05) is 17.8 Å². The van der Waals surface area contributed by atoms with Crippen molar-refractivity contribution in [3.05, 3.63) is 91.5 Å². The summed E-state index contributed by atoms with van der Waals surface area (Å²) in [4.78, 5) is 50.5. The van der Waals surface area contributed by atoms with E-state index in [0.29, 0.717) is 36.2 Å². The number of nitro benzene ring substituents is 2. The Balaban J connectivity index is 0.000000799. The van der Waals surface area contributed by atoms with Crippen LogP contribution in [0.3, 0.4) is 0 Å². The van der Waals surface area contributed by atoms with Gasteiger partial charge in [0.25, 0.3) is 11.4 Å². The highest BCUT2D eigenvalue weighted by molar-refractivity contribution is 9.09. The molecule has 3 rings (SSSR count). The monoisotopic (exact) mass is 929 g/mol. The summed E-state index contributed by atoms with van der Waals surface area (Å²) in [6.45, 7) is 4.67. The quantitative estimate of drug-likeness (QED) is 0.0333. The maximum atomic E-state index is 12.7. The molecular weight excluding hydrogens is 897 g/mol. The molecule has 26 heteroatoms. The summed E-state index contributed by atoms with van der Waals surface area (Å²) in [6.07, 6.45) is -14.3.